The fourth-order valence-corrected chi connectivity index (χ4v) is 3.12. The van der Waals surface area contributed by atoms with Crippen LogP contribution in [0.15, 0.2) is 36.9 Å². The molecule has 1 aliphatic rings. The first-order valence-electron chi connectivity index (χ1n) is 7.86. The van der Waals surface area contributed by atoms with Gasteiger partial charge in [0.05, 0.1) is 6.04 Å². The zero-order valence-electron chi connectivity index (χ0n) is 12.8. The Morgan fingerprint density at radius 3 is 2.70 bits per heavy atom. The number of rotatable bonds is 6. The van der Waals surface area contributed by atoms with Crippen molar-refractivity contribution in [3.8, 4) is 5.75 Å². The van der Waals surface area contributed by atoms with Gasteiger partial charge in [0.2, 0.25) is 0 Å². The van der Waals surface area contributed by atoms with Crippen LogP contribution >= 0.6 is 0 Å². The minimum absolute atomic E-state index is 0.572. The second-order valence-electron chi connectivity index (χ2n) is 6.11. The molecule has 3 atom stereocenters. The van der Waals surface area contributed by atoms with Crippen LogP contribution in [0.25, 0.3) is 0 Å². The van der Waals surface area contributed by atoms with Crippen LogP contribution in [0.5, 0.6) is 5.75 Å². The van der Waals surface area contributed by atoms with E-state index in [0.717, 1.165) is 30.2 Å². The van der Waals surface area contributed by atoms with Gasteiger partial charge in [-0.25, -0.2) is 0 Å². The van der Waals surface area contributed by atoms with Gasteiger partial charge in [0.1, 0.15) is 18.9 Å². The first-order valence-corrected chi connectivity index (χ1v) is 7.86. The summed E-state index contributed by atoms with van der Waals surface area (Å²) in [5.74, 6) is 2.63. The van der Waals surface area contributed by atoms with E-state index in [2.05, 4.69) is 50.0 Å². The molecule has 0 radical (unpaired) electrons. The quantitative estimate of drug-likeness (QED) is 0.792. The van der Waals surface area contributed by atoms with Crippen molar-refractivity contribution in [1.29, 1.82) is 0 Å². The summed E-state index contributed by atoms with van der Waals surface area (Å²) < 4.78 is 5.51. The number of nitrogens with two attached hydrogens (primary N) is 1. The summed E-state index contributed by atoms with van der Waals surface area (Å²) in [7, 11) is 0. The molecule has 1 aliphatic carbocycles. The van der Waals surface area contributed by atoms with Crippen LogP contribution in [0, 0.1) is 11.8 Å². The van der Waals surface area contributed by atoms with E-state index >= 15 is 0 Å². The first kappa shape index (κ1) is 15.1. The lowest BCUT2D eigenvalue weighted by molar-refractivity contribution is -0.713. The third-order valence-electron chi connectivity index (χ3n) is 4.72. The van der Waals surface area contributed by atoms with Crippen LogP contribution in [0.3, 0.4) is 0 Å². The minimum Gasteiger partial charge on any atom is -0.490 e. The molecule has 20 heavy (non-hydrogen) atoms. The van der Waals surface area contributed by atoms with E-state index in [1.165, 1.54) is 24.8 Å². The third-order valence-corrected chi connectivity index (χ3v) is 4.72. The molecular formula is C18H28NO+. The van der Waals surface area contributed by atoms with Crippen molar-refractivity contribution < 1.29 is 10.1 Å². The molecule has 0 saturated heterocycles. The van der Waals surface area contributed by atoms with Crippen molar-refractivity contribution in [2.24, 2.45) is 11.8 Å². The summed E-state index contributed by atoms with van der Waals surface area (Å²) in [6.07, 6.45) is 5.93. The zero-order valence-corrected chi connectivity index (χ0v) is 12.8. The molecular weight excluding hydrogens is 246 g/mol. The third kappa shape index (κ3) is 4.11. The van der Waals surface area contributed by atoms with Gasteiger partial charge in [-0.2, -0.15) is 0 Å². The zero-order chi connectivity index (χ0) is 14.4. The first-order chi connectivity index (χ1) is 9.70. The predicted molar refractivity (Wildman–Crippen MR) is 83.7 cm³/mol. The Balaban J connectivity index is 1.82. The van der Waals surface area contributed by atoms with Crippen LogP contribution in [0.1, 0.15) is 38.7 Å². The standard InChI is InChI=1S/C18H27NO/c1-4-12-20-17-10-8-16(9-11-17)13-19-18-7-5-6-14(2)15(18)3/h4,8-11,14-15,18-19H,1,5-7,12-13H2,2-3H3/p+1/t14-,15-,18-/m1/s1. The fraction of sp³-hybridized carbons (Fsp3) is 0.556. The average Bonchev–Trinajstić information content (AvgIpc) is 2.48. The Morgan fingerprint density at radius 1 is 1.25 bits per heavy atom. The highest BCUT2D eigenvalue weighted by Gasteiger charge is 2.29. The van der Waals surface area contributed by atoms with Gasteiger partial charge in [0.25, 0.3) is 0 Å². The van der Waals surface area contributed by atoms with Gasteiger partial charge in [0.15, 0.2) is 0 Å². The van der Waals surface area contributed by atoms with Crippen molar-refractivity contribution in [1.82, 2.24) is 0 Å². The highest BCUT2D eigenvalue weighted by atomic mass is 16.5. The summed E-state index contributed by atoms with van der Waals surface area (Å²) in [6.45, 7) is 10.1. The normalized spacial score (nSPS) is 26.2. The maximum absolute atomic E-state index is 5.51. The maximum Gasteiger partial charge on any atom is 0.119 e. The summed E-state index contributed by atoms with van der Waals surface area (Å²) in [5, 5.41) is 2.53. The second kappa shape index (κ2) is 7.49. The molecule has 2 nitrogen and oxygen atoms in total. The summed E-state index contributed by atoms with van der Waals surface area (Å²) in [6, 6.07) is 9.24. The SMILES string of the molecule is C=CCOc1ccc(C[NH2+][C@@H]2CCC[C@@H](C)[C@H]2C)cc1. The molecule has 1 fully saturated rings. The topological polar surface area (TPSA) is 25.8 Å². The Bertz CT molecular complexity index is 412. The van der Waals surface area contributed by atoms with Crippen molar-refractivity contribution in [3.05, 3.63) is 42.5 Å². The van der Waals surface area contributed by atoms with E-state index in [4.69, 9.17) is 4.74 Å². The molecule has 0 spiro atoms. The van der Waals surface area contributed by atoms with Crippen molar-refractivity contribution in [2.75, 3.05) is 6.61 Å². The van der Waals surface area contributed by atoms with Gasteiger partial charge >= 0.3 is 0 Å². The largest absolute Gasteiger partial charge is 0.490 e. The van der Waals surface area contributed by atoms with Crippen LogP contribution < -0.4 is 10.1 Å². The molecule has 2 heteroatoms. The van der Waals surface area contributed by atoms with Gasteiger partial charge in [0, 0.05) is 11.5 Å². The molecule has 0 heterocycles. The molecule has 0 unspecified atom stereocenters. The lowest BCUT2D eigenvalue weighted by atomic mass is 9.78. The van der Waals surface area contributed by atoms with Gasteiger partial charge < -0.3 is 10.1 Å². The van der Waals surface area contributed by atoms with Crippen molar-refractivity contribution in [3.63, 3.8) is 0 Å². The van der Waals surface area contributed by atoms with E-state index < -0.39 is 0 Å². The minimum atomic E-state index is 0.572. The molecule has 1 aromatic carbocycles. The van der Waals surface area contributed by atoms with Gasteiger partial charge in [-0.1, -0.05) is 26.5 Å². The van der Waals surface area contributed by atoms with Crippen molar-refractivity contribution >= 4 is 0 Å². The lowest BCUT2D eigenvalue weighted by Crippen LogP contribution is -2.90. The number of ether oxygens (including phenoxy) is 1. The molecule has 1 saturated carbocycles. The highest BCUT2D eigenvalue weighted by Crippen LogP contribution is 2.27. The summed E-state index contributed by atoms with van der Waals surface area (Å²) in [5.41, 5.74) is 1.38. The van der Waals surface area contributed by atoms with E-state index in [1.807, 2.05) is 0 Å². The van der Waals surface area contributed by atoms with E-state index in [9.17, 15) is 0 Å². The summed E-state index contributed by atoms with van der Waals surface area (Å²) >= 11 is 0. The van der Waals surface area contributed by atoms with Gasteiger partial charge in [-0.15, -0.1) is 0 Å². The van der Waals surface area contributed by atoms with E-state index in [0.29, 0.717) is 6.61 Å². The van der Waals surface area contributed by atoms with Crippen LogP contribution in [0.2, 0.25) is 0 Å². The van der Waals surface area contributed by atoms with Crippen LogP contribution in [0.4, 0.5) is 0 Å². The maximum atomic E-state index is 5.51. The lowest BCUT2D eigenvalue weighted by Gasteiger charge is -2.32. The van der Waals surface area contributed by atoms with Crippen LogP contribution in [-0.2, 0) is 6.54 Å². The van der Waals surface area contributed by atoms with Gasteiger partial charge in [-0.05, 0) is 49.4 Å². The Labute approximate surface area is 123 Å². The fourth-order valence-electron chi connectivity index (χ4n) is 3.12. The predicted octanol–water partition coefficient (Wildman–Crippen LogP) is 3.14. The molecule has 0 aromatic heterocycles. The highest BCUT2D eigenvalue weighted by molar-refractivity contribution is 5.26. The average molecular weight is 274 g/mol. The van der Waals surface area contributed by atoms with E-state index in [1.54, 1.807) is 6.08 Å². The number of benzene rings is 1. The smallest absolute Gasteiger partial charge is 0.119 e. The number of quaternary nitrogens is 1. The second-order valence-corrected chi connectivity index (χ2v) is 6.11. The molecule has 1 aromatic rings. The number of hydrogen-bond acceptors (Lipinski definition) is 1. The Hall–Kier alpha value is -1.28. The molecule has 0 amide bonds. The Kier molecular flexibility index (Phi) is 5.66. The summed E-state index contributed by atoms with van der Waals surface area (Å²) in [4.78, 5) is 0. The molecule has 110 valence electrons. The van der Waals surface area contributed by atoms with Gasteiger partial charge in [-0.3, -0.25) is 0 Å². The van der Waals surface area contributed by atoms with Crippen LogP contribution in [-0.4, -0.2) is 12.6 Å². The monoisotopic (exact) mass is 274 g/mol. The van der Waals surface area contributed by atoms with Crippen molar-refractivity contribution in [2.45, 2.75) is 45.7 Å². The van der Waals surface area contributed by atoms with E-state index in [-0.39, 0.29) is 0 Å². The Morgan fingerprint density at radius 2 is 2.00 bits per heavy atom. The molecule has 0 aliphatic heterocycles. The number of hydrogen-bond donors (Lipinski definition) is 1. The molecule has 2 N–H and O–H groups in total. The molecule has 0 bridgehead atoms. The molecule has 2 rings (SSSR count).